The van der Waals surface area contributed by atoms with Gasteiger partial charge in [0.15, 0.2) is 9.84 Å². The second-order valence-corrected chi connectivity index (χ2v) is 7.74. The topological polar surface area (TPSA) is 80.5 Å². The van der Waals surface area contributed by atoms with Gasteiger partial charge in [-0.25, -0.2) is 8.42 Å². The van der Waals surface area contributed by atoms with Crippen LogP contribution >= 0.6 is 0 Å². The minimum atomic E-state index is -3.25. The average Bonchev–Trinajstić information content (AvgIpc) is 2.47. The number of primary amides is 1. The van der Waals surface area contributed by atoms with Crippen LogP contribution < -0.4 is 10.6 Å². The van der Waals surface area contributed by atoms with Gasteiger partial charge in [0.25, 0.3) is 0 Å². The van der Waals surface area contributed by atoms with Crippen LogP contribution in [0.1, 0.15) is 26.2 Å². The van der Waals surface area contributed by atoms with Gasteiger partial charge in [0.05, 0.1) is 16.3 Å². The summed E-state index contributed by atoms with van der Waals surface area (Å²) in [5.74, 6) is -0.00676. The van der Waals surface area contributed by atoms with Crippen LogP contribution in [-0.4, -0.2) is 33.2 Å². The number of sulfone groups is 1. The highest BCUT2D eigenvalue weighted by atomic mass is 32.2. The first-order chi connectivity index (χ1) is 9.94. The molecule has 1 fully saturated rings. The van der Waals surface area contributed by atoms with Crippen molar-refractivity contribution in [2.45, 2.75) is 31.1 Å². The predicted octanol–water partition coefficient (Wildman–Crippen LogP) is 1.57. The van der Waals surface area contributed by atoms with Gasteiger partial charge in [0.1, 0.15) is 0 Å². The lowest BCUT2D eigenvalue weighted by atomic mass is 9.94. The van der Waals surface area contributed by atoms with E-state index in [9.17, 15) is 13.2 Å². The van der Waals surface area contributed by atoms with Crippen LogP contribution in [0.2, 0.25) is 0 Å². The highest BCUT2D eigenvalue weighted by Crippen LogP contribution is 2.30. The zero-order valence-corrected chi connectivity index (χ0v) is 13.1. The Hall–Kier alpha value is -1.56. The van der Waals surface area contributed by atoms with Gasteiger partial charge < -0.3 is 10.6 Å². The third kappa shape index (κ3) is 3.75. The molecule has 2 N–H and O–H groups in total. The fraction of sp³-hybridized carbons (Fsp3) is 0.533. The van der Waals surface area contributed by atoms with Crippen molar-refractivity contribution in [1.82, 2.24) is 0 Å². The maximum Gasteiger partial charge on any atom is 0.217 e. The van der Waals surface area contributed by atoms with Crippen molar-refractivity contribution in [3.63, 3.8) is 0 Å². The highest BCUT2D eigenvalue weighted by molar-refractivity contribution is 7.91. The number of amides is 1. The fourth-order valence-electron chi connectivity index (χ4n) is 2.87. The first-order valence-corrected chi connectivity index (χ1v) is 8.94. The van der Waals surface area contributed by atoms with Gasteiger partial charge >= 0.3 is 0 Å². The van der Waals surface area contributed by atoms with Crippen LogP contribution in [0.5, 0.6) is 0 Å². The van der Waals surface area contributed by atoms with Crippen molar-refractivity contribution in [3.8, 4) is 0 Å². The number of nitrogens with two attached hydrogens (primary N) is 1. The second-order valence-electron chi connectivity index (χ2n) is 5.50. The summed E-state index contributed by atoms with van der Waals surface area (Å²) >= 11 is 0. The molecule has 1 atom stereocenters. The average molecular weight is 310 g/mol. The number of hydrogen-bond acceptors (Lipinski definition) is 4. The van der Waals surface area contributed by atoms with E-state index in [0.717, 1.165) is 25.1 Å². The summed E-state index contributed by atoms with van der Waals surface area (Å²) in [5, 5.41) is 0. The third-order valence-corrected chi connectivity index (χ3v) is 5.71. The van der Waals surface area contributed by atoms with E-state index in [1.807, 2.05) is 12.1 Å². The van der Waals surface area contributed by atoms with E-state index >= 15 is 0 Å². The molecule has 0 saturated carbocycles. The fourth-order valence-corrected chi connectivity index (χ4v) is 3.98. The predicted molar refractivity (Wildman–Crippen MR) is 82.9 cm³/mol. The van der Waals surface area contributed by atoms with Crippen LogP contribution in [0, 0.1) is 5.92 Å². The van der Waals surface area contributed by atoms with Crippen LogP contribution in [0.25, 0.3) is 0 Å². The number of para-hydroxylation sites is 1. The molecule has 1 aliphatic rings. The first kappa shape index (κ1) is 15.8. The molecule has 116 valence electrons. The summed E-state index contributed by atoms with van der Waals surface area (Å²) in [6.45, 7) is 3.14. The number of carbonyl (C=O) groups is 1. The summed E-state index contributed by atoms with van der Waals surface area (Å²) in [6, 6.07) is 7.10. The van der Waals surface area contributed by atoms with Gasteiger partial charge in [-0.05, 0) is 30.9 Å². The lowest BCUT2D eigenvalue weighted by Gasteiger charge is -2.35. The SMILES string of the molecule is CCS(=O)(=O)c1ccccc1N1CCC[C@@H](CC(N)=O)C1. The molecule has 21 heavy (non-hydrogen) atoms. The van der Waals surface area contributed by atoms with Crippen molar-refractivity contribution in [2.75, 3.05) is 23.7 Å². The van der Waals surface area contributed by atoms with Gasteiger partial charge in [0, 0.05) is 19.5 Å². The maximum atomic E-state index is 12.2. The van der Waals surface area contributed by atoms with Gasteiger partial charge in [-0.2, -0.15) is 0 Å². The number of rotatable bonds is 5. The lowest BCUT2D eigenvalue weighted by Crippen LogP contribution is -2.37. The largest absolute Gasteiger partial charge is 0.370 e. The molecule has 0 aliphatic carbocycles. The van der Waals surface area contributed by atoms with E-state index in [2.05, 4.69) is 4.90 Å². The van der Waals surface area contributed by atoms with Gasteiger partial charge in [-0.3, -0.25) is 4.79 Å². The summed E-state index contributed by atoms with van der Waals surface area (Å²) in [7, 11) is -3.25. The standard InChI is InChI=1S/C15H22N2O3S/c1-2-21(19,20)14-8-4-3-7-13(14)17-9-5-6-12(11-17)10-15(16)18/h3-4,7-8,12H,2,5-6,9-11H2,1H3,(H2,16,18)/t12-/m0/s1. The van der Waals surface area contributed by atoms with Gasteiger partial charge in [0.2, 0.25) is 5.91 Å². The maximum absolute atomic E-state index is 12.2. The molecular weight excluding hydrogens is 288 g/mol. The molecule has 0 radical (unpaired) electrons. The first-order valence-electron chi connectivity index (χ1n) is 7.29. The zero-order valence-electron chi connectivity index (χ0n) is 12.3. The minimum Gasteiger partial charge on any atom is -0.370 e. The Bertz CT molecular complexity index is 613. The summed E-state index contributed by atoms with van der Waals surface area (Å²) in [4.78, 5) is 13.5. The Labute approximate surface area is 126 Å². The van der Waals surface area contributed by atoms with Crippen LogP contribution in [0.3, 0.4) is 0 Å². The van der Waals surface area contributed by atoms with E-state index in [1.165, 1.54) is 0 Å². The van der Waals surface area contributed by atoms with E-state index < -0.39 is 9.84 Å². The van der Waals surface area contributed by atoms with E-state index in [-0.39, 0.29) is 17.6 Å². The zero-order chi connectivity index (χ0) is 15.5. The smallest absolute Gasteiger partial charge is 0.217 e. The lowest BCUT2D eigenvalue weighted by molar-refractivity contribution is -0.118. The molecule has 1 amide bonds. The number of piperidine rings is 1. The number of carbonyl (C=O) groups excluding carboxylic acids is 1. The Kier molecular flexibility index (Phi) is 4.88. The van der Waals surface area contributed by atoms with Crippen molar-refractivity contribution in [2.24, 2.45) is 11.7 Å². The van der Waals surface area contributed by atoms with Crippen LogP contribution in [-0.2, 0) is 14.6 Å². The summed E-state index contributed by atoms with van der Waals surface area (Å²) in [5.41, 5.74) is 6.02. The molecule has 2 rings (SSSR count). The highest BCUT2D eigenvalue weighted by Gasteiger charge is 2.25. The Morgan fingerprint density at radius 2 is 2.10 bits per heavy atom. The molecule has 1 aromatic rings. The molecule has 0 bridgehead atoms. The quantitative estimate of drug-likeness (QED) is 0.895. The van der Waals surface area contributed by atoms with Crippen molar-refractivity contribution >= 4 is 21.4 Å². The van der Waals surface area contributed by atoms with Crippen LogP contribution in [0.4, 0.5) is 5.69 Å². The molecule has 1 aliphatic heterocycles. The summed E-state index contributed by atoms with van der Waals surface area (Å²) in [6.07, 6.45) is 2.26. The Morgan fingerprint density at radius 1 is 1.38 bits per heavy atom. The molecule has 0 aromatic heterocycles. The molecule has 1 aromatic carbocycles. The molecule has 0 unspecified atom stereocenters. The minimum absolute atomic E-state index is 0.0859. The molecule has 1 saturated heterocycles. The van der Waals surface area contributed by atoms with Crippen molar-refractivity contribution in [1.29, 1.82) is 0 Å². The van der Waals surface area contributed by atoms with E-state index in [4.69, 9.17) is 5.73 Å². The van der Waals surface area contributed by atoms with Gasteiger partial charge in [-0.1, -0.05) is 19.1 Å². The molecular formula is C15H22N2O3S. The third-order valence-electron chi connectivity index (χ3n) is 3.93. The van der Waals surface area contributed by atoms with E-state index in [0.29, 0.717) is 17.9 Å². The van der Waals surface area contributed by atoms with Crippen LogP contribution in [0.15, 0.2) is 29.2 Å². The number of nitrogens with zero attached hydrogens (tertiary/aromatic N) is 1. The van der Waals surface area contributed by atoms with Crippen molar-refractivity contribution in [3.05, 3.63) is 24.3 Å². The molecule has 6 heteroatoms. The van der Waals surface area contributed by atoms with Crippen molar-refractivity contribution < 1.29 is 13.2 Å². The molecule has 5 nitrogen and oxygen atoms in total. The number of anilines is 1. The number of benzene rings is 1. The Morgan fingerprint density at radius 3 is 2.76 bits per heavy atom. The Balaban J connectivity index is 2.28. The summed E-state index contributed by atoms with van der Waals surface area (Å²) < 4.78 is 24.4. The monoisotopic (exact) mass is 310 g/mol. The second kappa shape index (κ2) is 6.47. The molecule has 1 heterocycles. The van der Waals surface area contributed by atoms with E-state index in [1.54, 1.807) is 19.1 Å². The number of hydrogen-bond donors (Lipinski definition) is 1. The molecule has 0 spiro atoms. The van der Waals surface area contributed by atoms with Gasteiger partial charge in [-0.15, -0.1) is 0 Å². The normalized spacial score (nSPS) is 19.5.